The largest absolute Gasteiger partial charge is 0.424 e. The molecular formula is C10H14BrO3P. The summed E-state index contributed by atoms with van der Waals surface area (Å²) in [5.74, 6) is 0.579. The zero-order chi connectivity index (χ0) is 11.1. The van der Waals surface area contributed by atoms with Gasteiger partial charge < -0.3 is 9.05 Å². The fourth-order valence-corrected chi connectivity index (χ4v) is 3.70. The van der Waals surface area contributed by atoms with Crippen molar-refractivity contribution in [3.63, 3.8) is 0 Å². The standard InChI is InChI=1S/C10H14BrO3P/c1-2-13-15(12,9-8-11)14-10-6-4-3-5-7-10/h3-7H,2,8-9H2,1H3. The molecule has 0 fully saturated rings. The van der Waals surface area contributed by atoms with Gasteiger partial charge in [-0.3, -0.25) is 0 Å². The van der Waals surface area contributed by atoms with Crippen molar-refractivity contribution >= 4 is 23.5 Å². The molecule has 1 aromatic rings. The summed E-state index contributed by atoms with van der Waals surface area (Å²) in [6, 6.07) is 9.07. The summed E-state index contributed by atoms with van der Waals surface area (Å²) in [6.07, 6.45) is 0.371. The van der Waals surface area contributed by atoms with Gasteiger partial charge in [-0.15, -0.1) is 0 Å². The molecule has 1 atom stereocenters. The average molecular weight is 293 g/mol. The fraction of sp³-hybridized carbons (Fsp3) is 0.400. The van der Waals surface area contributed by atoms with Crippen LogP contribution < -0.4 is 4.52 Å². The van der Waals surface area contributed by atoms with E-state index in [0.717, 1.165) is 0 Å². The quantitative estimate of drug-likeness (QED) is 0.592. The second-order valence-electron chi connectivity index (χ2n) is 2.85. The normalized spacial score (nSPS) is 14.5. The summed E-state index contributed by atoms with van der Waals surface area (Å²) >= 11 is 3.24. The molecule has 0 saturated carbocycles. The van der Waals surface area contributed by atoms with Crippen molar-refractivity contribution in [2.24, 2.45) is 0 Å². The Morgan fingerprint density at radius 1 is 1.33 bits per heavy atom. The van der Waals surface area contributed by atoms with Crippen molar-refractivity contribution in [1.82, 2.24) is 0 Å². The van der Waals surface area contributed by atoms with E-state index in [1.54, 1.807) is 19.1 Å². The Morgan fingerprint density at radius 3 is 2.53 bits per heavy atom. The zero-order valence-corrected chi connectivity index (χ0v) is 11.0. The maximum atomic E-state index is 12.1. The third-order valence-corrected chi connectivity index (χ3v) is 4.59. The van der Waals surface area contributed by atoms with Gasteiger partial charge in [0.05, 0.1) is 12.8 Å². The Bertz CT molecular complexity index is 319. The monoisotopic (exact) mass is 292 g/mol. The van der Waals surface area contributed by atoms with Crippen LogP contribution in [0.2, 0.25) is 0 Å². The highest BCUT2D eigenvalue weighted by molar-refractivity contribution is 9.09. The minimum absolute atomic E-state index is 0.371. The van der Waals surface area contributed by atoms with E-state index in [-0.39, 0.29) is 0 Å². The van der Waals surface area contributed by atoms with Gasteiger partial charge in [-0.25, -0.2) is 4.57 Å². The van der Waals surface area contributed by atoms with E-state index in [4.69, 9.17) is 9.05 Å². The molecule has 0 aliphatic rings. The highest BCUT2D eigenvalue weighted by Gasteiger charge is 2.24. The molecule has 15 heavy (non-hydrogen) atoms. The molecule has 0 aliphatic heterocycles. The smallest absolute Gasteiger partial charge is 0.380 e. The van der Waals surface area contributed by atoms with E-state index in [1.165, 1.54) is 0 Å². The maximum Gasteiger partial charge on any atom is 0.380 e. The molecule has 0 N–H and O–H groups in total. The number of benzene rings is 1. The van der Waals surface area contributed by atoms with Gasteiger partial charge in [0.25, 0.3) is 0 Å². The van der Waals surface area contributed by atoms with Crippen LogP contribution in [-0.2, 0) is 9.09 Å². The molecule has 0 heterocycles. The molecule has 0 amide bonds. The Hall–Kier alpha value is -0.310. The summed E-state index contributed by atoms with van der Waals surface area (Å²) in [5.41, 5.74) is 0. The van der Waals surface area contributed by atoms with Crippen LogP contribution in [0.3, 0.4) is 0 Å². The predicted molar refractivity (Wildman–Crippen MR) is 65.0 cm³/mol. The Morgan fingerprint density at radius 2 is 2.00 bits per heavy atom. The van der Waals surface area contributed by atoms with E-state index in [2.05, 4.69) is 15.9 Å². The van der Waals surface area contributed by atoms with E-state index in [1.807, 2.05) is 18.2 Å². The molecule has 0 aliphatic carbocycles. The van der Waals surface area contributed by atoms with Crippen molar-refractivity contribution in [3.8, 4) is 5.75 Å². The Balaban J connectivity index is 2.71. The molecule has 5 heteroatoms. The lowest BCUT2D eigenvalue weighted by atomic mass is 10.3. The third kappa shape index (κ3) is 4.37. The van der Waals surface area contributed by atoms with Crippen LogP contribution in [0.4, 0.5) is 0 Å². The zero-order valence-electron chi connectivity index (χ0n) is 8.56. The Kier molecular flexibility index (Phi) is 5.37. The molecule has 1 aromatic carbocycles. The van der Waals surface area contributed by atoms with Gasteiger partial charge >= 0.3 is 7.60 Å². The molecule has 0 aromatic heterocycles. The van der Waals surface area contributed by atoms with Gasteiger partial charge in [0.2, 0.25) is 0 Å². The van der Waals surface area contributed by atoms with Crippen molar-refractivity contribution in [3.05, 3.63) is 30.3 Å². The maximum absolute atomic E-state index is 12.1. The van der Waals surface area contributed by atoms with E-state index < -0.39 is 7.60 Å². The molecule has 84 valence electrons. The first-order valence-electron chi connectivity index (χ1n) is 4.74. The molecular weight excluding hydrogens is 279 g/mol. The van der Waals surface area contributed by atoms with Gasteiger partial charge in [-0.1, -0.05) is 34.1 Å². The number of hydrogen-bond acceptors (Lipinski definition) is 3. The highest BCUT2D eigenvalue weighted by atomic mass is 79.9. The predicted octanol–water partition coefficient (Wildman–Crippen LogP) is 3.69. The summed E-state index contributed by atoms with van der Waals surface area (Å²) < 4.78 is 22.7. The van der Waals surface area contributed by atoms with Crippen molar-refractivity contribution in [1.29, 1.82) is 0 Å². The molecule has 3 nitrogen and oxygen atoms in total. The highest BCUT2D eigenvalue weighted by Crippen LogP contribution is 2.48. The van der Waals surface area contributed by atoms with Crippen LogP contribution in [0.1, 0.15) is 6.92 Å². The fourth-order valence-electron chi connectivity index (χ4n) is 1.08. The number of hydrogen-bond donors (Lipinski definition) is 0. The lowest BCUT2D eigenvalue weighted by Crippen LogP contribution is -2.03. The van der Waals surface area contributed by atoms with Crippen LogP contribution in [0.25, 0.3) is 0 Å². The SMILES string of the molecule is CCOP(=O)(CCBr)Oc1ccccc1. The molecule has 1 unspecified atom stereocenters. The third-order valence-electron chi connectivity index (χ3n) is 1.67. The van der Waals surface area contributed by atoms with Gasteiger partial charge in [-0.05, 0) is 19.1 Å². The van der Waals surface area contributed by atoms with Crippen LogP contribution in [0, 0.1) is 0 Å². The van der Waals surface area contributed by atoms with Gasteiger partial charge in [0.1, 0.15) is 5.75 Å². The van der Waals surface area contributed by atoms with E-state index in [9.17, 15) is 4.57 Å². The molecule has 0 spiro atoms. The van der Waals surface area contributed by atoms with Gasteiger partial charge in [0, 0.05) is 5.33 Å². The van der Waals surface area contributed by atoms with E-state index in [0.29, 0.717) is 23.8 Å². The lowest BCUT2D eigenvalue weighted by Gasteiger charge is -2.17. The van der Waals surface area contributed by atoms with Gasteiger partial charge in [0.15, 0.2) is 0 Å². The van der Waals surface area contributed by atoms with Crippen LogP contribution in [0.15, 0.2) is 30.3 Å². The number of rotatable bonds is 6. The summed E-state index contributed by atoms with van der Waals surface area (Å²) in [6.45, 7) is 2.19. The average Bonchev–Trinajstić information content (AvgIpc) is 2.19. The first-order chi connectivity index (χ1) is 7.20. The number of para-hydroxylation sites is 1. The van der Waals surface area contributed by atoms with Crippen molar-refractivity contribution in [2.45, 2.75) is 6.92 Å². The summed E-state index contributed by atoms with van der Waals surface area (Å²) in [7, 11) is -2.99. The lowest BCUT2D eigenvalue weighted by molar-refractivity contribution is 0.280. The molecule has 0 bridgehead atoms. The molecule has 0 radical (unpaired) electrons. The molecule has 0 saturated heterocycles. The van der Waals surface area contributed by atoms with Crippen LogP contribution >= 0.6 is 23.5 Å². The Labute approximate surface area is 98.4 Å². The summed E-state index contributed by atoms with van der Waals surface area (Å²) in [4.78, 5) is 0. The van der Waals surface area contributed by atoms with Crippen molar-refractivity contribution < 1.29 is 13.6 Å². The minimum Gasteiger partial charge on any atom is -0.424 e. The second-order valence-corrected chi connectivity index (χ2v) is 5.75. The minimum atomic E-state index is -2.99. The second kappa shape index (κ2) is 6.31. The number of alkyl halides is 1. The van der Waals surface area contributed by atoms with Crippen molar-refractivity contribution in [2.75, 3.05) is 18.1 Å². The van der Waals surface area contributed by atoms with Crippen LogP contribution in [0.5, 0.6) is 5.75 Å². The topological polar surface area (TPSA) is 35.5 Å². The first kappa shape index (κ1) is 12.8. The van der Waals surface area contributed by atoms with Crippen LogP contribution in [-0.4, -0.2) is 18.1 Å². The van der Waals surface area contributed by atoms with E-state index >= 15 is 0 Å². The first-order valence-corrected chi connectivity index (χ1v) is 7.59. The number of halogens is 1. The molecule has 1 rings (SSSR count). The van der Waals surface area contributed by atoms with Gasteiger partial charge in [-0.2, -0.15) is 0 Å². The summed E-state index contributed by atoms with van der Waals surface area (Å²) in [5, 5.41) is 0.594.